The lowest BCUT2D eigenvalue weighted by molar-refractivity contribution is 0.0683. The van der Waals surface area contributed by atoms with E-state index in [1.165, 1.54) is 16.7 Å². The highest BCUT2D eigenvalue weighted by Crippen LogP contribution is 2.24. The van der Waals surface area contributed by atoms with E-state index < -0.39 is 5.60 Å². The number of aryl methyl sites for hydroxylation is 2. The van der Waals surface area contributed by atoms with Crippen molar-refractivity contribution in [1.29, 1.82) is 0 Å². The number of aliphatic hydroxyl groups is 1. The molecule has 2 atom stereocenters. The lowest BCUT2D eigenvalue weighted by Crippen LogP contribution is -2.31. The van der Waals surface area contributed by atoms with Gasteiger partial charge >= 0.3 is 0 Å². The zero-order chi connectivity index (χ0) is 14.8. The topological polar surface area (TPSA) is 35.5 Å². The first kappa shape index (κ1) is 15.5. The van der Waals surface area contributed by atoms with Crippen LogP contribution in [-0.2, 0) is 0 Å². The van der Waals surface area contributed by atoms with Crippen molar-refractivity contribution >= 4 is 0 Å². The summed E-state index contributed by atoms with van der Waals surface area (Å²) in [6.07, 6.45) is 1.97. The molecule has 0 aliphatic carbocycles. The van der Waals surface area contributed by atoms with Crippen molar-refractivity contribution in [3.63, 3.8) is 0 Å². The zero-order valence-corrected chi connectivity index (χ0v) is 13.2. The fraction of sp³-hybridized carbons (Fsp3) is 0.647. The van der Waals surface area contributed by atoms with Crippen LogP contribution in [0.1, 0.15) is 42.5 Å². The van der Waals surface area contributed by atoms with E-state index in [1.807, 2.05) is 14.0 Å². The Labute approximate surface area is 123 Å². The molecule has 1 aliphatic heterocycles. The van der Waals surface area contributed by atoms with E-state index >= 15 is 0 Å². The van der Waals surface area contributed by atoms with Gasteiger partial charge in [0.25, 0.3) is 0 Å². The maximum Gasteiger partial charge on any atom is 0.0758 e. The molecule has 1 heterocycles. The van der Waals surface area contributed by atoms with Gasteiger partial charge in [-0.25, -0.2) is 0 Å². The molecule has 2 rings (SSSR count). The van der Waals surface area contributed by atoms with Crippen LogP contribution in [0.5, 0.6) is 0 Å². The van der Waals surface area contributed by atoms with Gasteiger partial charge in [0.05, 0.1) is 5.60 Å². The molecule has 1 fully saturated rings. The molecule has 1 aliphatic rings. The van der Waals surface area contributed by atoms with E-state index in [0.717, 1.165) is 32.5 Å². The van der Waals surface area contributed by atoms with Crippen LogP contribution in [0.4, 0.5) is 0 Å². The Balaban J connectivity index is 1.95. The molecule has 0 bridgehead atoms. The number of likely N-dealkylation sites (tertiary alicyclic amines) is 1. The van der Waals surface area contributed by atoms with E-state index in [9.17, 15) is 5.11 Å². The summed E-state index contributed by atoms with van der Waals surface area (Å²) in [5.74, 6) is 0. The van der Waals surface area contributed by atoms with Crippen molar-refractivity contribution < 1.29 is 5.11 Å². The second-order valence-electron chi connectivity index (χ2n) is 6.57. The Morgan fingerprint density at radius 2 is 1.95 bits per heavy atom. The molecule has 2 unspecified atom stereocenters. The summed E-state index contributed by atoms with van der Waals surface area (Å²) < 4.78 is 0. The Bertz CT molecular complexity index is 436. The predicted octanol–water partition coefficient (Wildman–Crippen LogP) is 2.41. The lowest BCUT2D eigenvalue weighted by atomic mass is 9.99. The molecule has 0 radical (unpaired) electrons. The summed E-state index contributed by atoms with van der Waals surface area (Å²) in [4.78, 5) is 2.37. The molecule has 0 saturated carbocycles. The minimum Gasteiger partial charge on any atom is -0.389 e. The number of hydrogen-bond donors (Lipinski definition) is 2. The van der Waals surface area contributed by atoms with Crippen LogP contribution >= 0.6 is 0 Å². The molecule has 1 aromatic rings. The van der Waals surface area contributed by atoms with Gasteiger partial charge in [0, 0.05) is 25.7 Å². The van der Waals surface area contributed by atoms with E-state index in [4.69, 9.17) is 0 Å². The normalized spacial score (nSPS) is 25.1. The molecule has 3 heteroatoms. The van der Waals surface area contributed by atoms with Gasteiger partial charge in [-0.3, -0.25) is 0 Å². The Kier molecular flexibility index (Phi) is 4.84. The van der Waals surface area contributed by atoms with Crippen LogP contribution < -0.4 is 5.32 Å². The first-order valence-electron chi connectivity index (χ1n) is 7.60. The molecular formula is C17H28N2O. The van der Waals surface area contributed by atoms with Crippen molar-refractivity contribution in [2.24, 2.45) is 0 Å². The lowest BCUT2D eigenvalue weighted by Gasteiger charge is -2.23. The fourth-order valence-electron chi connectivity index (χ4n) is 3.23. The molecule has 0 amide bonds. The van der Waals surface area contributed by atoms with Gasteiger partial charge in [0.15, 0.2) is 0 Å². The third-order valence-electron chi connectivity index (χ3n) is 4.26. The third-order valence-corrected chi connectivity index (χ3v) is 4.26. The monoisotopic (exact) mass is 276 g/mol. The summed E-state index contributed by atoms with van der Waals surface area (Å²) in [6.45, 7) is 9.09. The van der Waals surface area contributed by atoms with Crippen LogP contribution in [0.25, 0.3) is 0 Å². The Morgan fingerprint density at radius 3 is 2.45 bits per heavy atom. The van der Waals surface area contributed by atoms with Crippen LogP contribution in [0.2, 0.25) is 0 Å². The maximum absolute atomic E-state index is 10.0. The van der Waals surface area contributed by atoms with Crippen LogP contribution in [0.15, 0.2) is 18.2 Å². The minimum absolute atomic E-state index is 0.388. The van der Waals surface area contributed by atoms with Crippen LogP contribution in [0.3, 0.4) is 0 Å². The number of nitrogens with one attached hydrogen (secondary N) is 1. The van der Waals surface area contributed by atoms with Crippen LogP contribution in [-0.4, -0.2) is 42.3 Å². The third kappa shape index (κ3) is 4.05. The molecule has 2 N–H and O–H groups in total. The van der Waals surface area contributed by atoms with E-state index in [1.54, 1.807) is 0 Å². The summed E-state index contributed by atoms with van der Waals surface area (Å²) in [5, 5.41) is 13.4. The number of β-amino-alcohol motifs (C(OH)–C–C–N with tert-alkyl or cyclic N) is 1. The molecule has 1 aromatic carbocycles. The molecule has 0 aromatic heterocycles. The van der Waals surface area contributed by atoms with E-state index in [2.05, 4.69) is 42.3 Å². The van der Waals surface area contributed by atoms with Gasteiger partial charge in [0.1, 0.15) is 0 Å². The number of nitrogens with zero attached hydrogens (tertiary/aromatic N) is 1. The molecule has 3 nitrogen and oxygen atoms in total. The van der Waals surface area contributed by atoms with Gasteiger partial charge in [0.2, 0.25) is 0 Å². The van der Waals surface area contributed by atoms with Crippen molar-refractivity contribution in [2.45, 2.75) is 45.3 Å². The second-order valence-corrected chi connectivity index (χ2v) is 6.57. The first-order valence-corrected chi connectivity index (χ1v) is 7.60. The quantitative estimate of drug-likeness (QED) is 0.867. The highest BCUT2D eigenvalue weighted by atomic mass is 16.3. The molecular weight excluding hydrogens is 248 g/mol. The van der Waals surface area contributed by atoms with Gasteiger partial charge in [-0.15, -0.1) is 0 Å². The standard InChI is InChI=1S/C17H28N2O/c1-13-9-14(2)11-15(10-13)16(18-4)5-7-19-8-6-17(3,20)12-19/h9-11,16,18,20H,5-8,12H2,1-4H3. The predicted molar refractivity (Wildman–Crippen MR) is 84.0 cm³/mol. The molecule has 1 saturated heterocycles. The van der Waals surface area contributed by atoms with Gasteiger partial charge in [-0.05, 0) is 46.2 Å². The smallest absolute Gasteiger partial charge is 0.0758 e. The summed E-state index contributed by atoms with van der Waals surface area (Å²) >= 11 is 0. The average molecular weight is 276 g/mol. The number of hydrogen-bond acceptors (Lipinski definition) is 3. The average Bonchev–Trinajstić information content (AvgIpc) is 2.68. The molecule has 0 spiro atoms. The van der Waals surface area contributed by atoms with Crippen molar-refractivity contribution in [1.82, 2.24) is 10.2 Å². The van der Waals surface area contributed by atoms with Crippen molar-refractivity contribution in [3.8, 4) is 0 Å². The minimum atomic E-state index is -0.491. The van der Waals surface area contributed by atoms with E-state index in [-0.39, 0.29) is 0 Å². The van der Waals surface area contributed by atoms with Gasteiger partial charge < -0.3 is 15.3 Å². The van der Waals surface area contributed by atoms with Crippen molar-refractivity contribution in [3.05, 3.63) is 34.9 Å². The molecule has 20 heavy (non-hydrogen) atoms. The zero-order valence-electron chi connectivity index (χ0n) is 13.2. The number of rotatable bonds is 5. The number of benzene rings is 1. The van der Waals surface area contributed by atoms with Gasteiger partial charge in [-0.2, -0.15) is 0 Å². The second kappa shape index (κ2) is 6.25. The van der Waals surface area contributed by atoms with E-state index in [0.29, 0.717) is 6.04 Å². The highest BCUT2D eigenvalue weighted by Gasteiger charge is 2.31. The Morgan fingerprint density at radius 1 is 1.30 bits per heavy atom. The largest absolute Gasteiger partial charge is 0.389 e. The highest BCUT2D eigenvalue weighted by molar-refractivity contribution is 5.30. The fourth-order valence-corrected chi connectivity index (χ4v) is 3.23. The van der Waals surface area contributed by atoms with Crippen molar-refractivity contribution in [2.75, 3.05) is 26.7 Å². The Hall–Kier alpha value is -0.900. The summed E-state index contributed by atoms with van der Waals surface area (Å²) in [6, 6.07) is 7.15. The first-order chi connectivity index (χ1) is 9.39. The maximum atomic E-state index is 10.0. The summed E-state index contributed by atoms with van der Waals surface area (Å²) in [5.41, 5.74) is 3.53. The van der Waals surface area contributed by atoms with Gasteiger partial charge in [-0.1, -0.05) is 29.3 Å². The molecule has 112 valence electrons. The summed E-state index contributed by atoms with van der Waals surface area (Å²) in [7, 11) is 2.03. The SMILES string of the molecule is CNC(CCN1CCC(C)(O)C1)c1cc(C)cc(C)c1. The van der Waals surface area contributed by atoms with Crippen LogP contribution in [0, 0.1) is 13.8 Å².